The Kier molecular flexibility index (Phi) is 3.85. The number of carboxylic acid groups (broad SMARTS) is 1. The second-order valence-electron chi connectivity index (χ2n) is 4.35. The van der Waals surface area contributed by atoms with E-state index in [0.29, 0.717) is 5.69 Å². The Hall–Kier alpha value is -2.30. The van der Waals surface area contributed by atoms with Crippen molar-refractivity contribution in [2.75, 3.05) is 5.32 Å². The Morgan fingerprint density at radius 2 is 2.21 bits per heavy atom. The van der Waals surface area contributed by atoms with E-state index in [4.69, 9.17) is 5.11 Å². The number of nitrogens with zero attached hydrogens (tertiary/aromatic N) is 2. The van der Waals surface area contributed by atoms with Crippen LogP contribution in [0.25, 0.3) is 0 Å². The van der Waals surface area contributed by atoms with E-state index in [1.165, 1.54) is 0 Å². The number of hydrogen-bond donors (Lipinski definition) is 2. The van der Waals surface area contributed by atoms with Crippen LogP contribution in [-0.2, 0) is 6.54 Å². The number of para-hydroxylation sites is 1. The van der Waals surface area contributed by atoms with Crippen LogP contribution in [0.5, 0.6) is 0 Å². The second-order valence-corrected chi connectivity index (χ2v) is 4.35. The molecule has 1 aromatic heterocycles. The number of aromatic nitrogens is 2. The van der Waals surface area contributed by atoms with Gasteiger partial charge in [-0.15, -0.1) is 0 Å². The zero-order valence-electron chi connectivity index (χ0n) is 11.0. The maximum absolute atomic E-state index is 11.1. The SMILES string of the molecule is CCn1cc(C(C)Nc2ccccc2C(=O)O)cn1. The molecule has 1 atom stereocenters. The molecule has 0 radical (unpaired) electrons. The molecular formula is C14H17N3O2. The predicted molar refractivity (Wildman–Crippen MR) is 73.3 cm³/mol. The van der Waals surface area contributed by atoms with Gasteiger partial charge in [0.05, 0.1) is 17.8 Å². The highest BCUT2D eigenvalue weighted by molar-refractivity contribution is 5.94. The van der Waals surface area contributed by atoms with Crippen LogP contribution in [0, 0.1) is 0 Å². The number of carbonyl (C=O) groups is 1. The van der Waals surface area contributed by atoms with E-state index in [-0.39, 0.29) is 11.6 Å². The van der Waals surface area contributed by atoms with Gasteiger partial charge in [-0.05, 0) is 26.0 Å². The third kappa shape index (κ3) is 2.93. The molecule has 2 aromatic rings. The lowest BCUT2D eigenvalue weighted by molar-refractivity contribution is 0.0698. The summed E-state index contributed by atoms with van der Waals surface area (Å²) < 4.78 is 1.84. The van der Waals surface area contributed by atoms with Crippen molar-refractivity contribution < 1.29 is 9.90 Å². The molecule has 0 amide bonds. The second kappa shape index (κ2) is 5.56. The fourth-order valence-corrected chi connectivity index (χ4v) is 1.89. The van der Waals surface area contributed by atoms with Crippen LogP contribution in [0.15, 0.2) is 36.7 Å². The van der Waals surface area contributed by atoms with Crippen molar-refractivity contribution in [2.45, 2.75) is 26.4 Å². The van der Waals surface area contributed by atoms with E-state index in [9.17, 15) is 4.79 Å². The first-order chi connectivity index (χ1) is 9.11. The summed E-state index contributed by atoms with van der Waals surface area (Å²) in [6.07, 6.45) is 3.76. The summed E-state index contributed by atoms with van der Waals surface area (Å²) >= 11 is 0. The maximum atomic E-state index is 11.1. The highest BCUT2D eigenvalue weighted by Crippen LogP contribution is 2.22. The summed E-state index contributed by atoms with van der Waals surface area (Å²) in [5, 5.41) is 16.6. The quantitative estimate of drug-likeness (QED) is 0.866. The lowest BCUT2D eigenvalue weighted by Crippen LogP contribution is -2.10. The van der Waals surface area contributed by atoms with Crippen molar-refractivity contribution in [2.24, 2.45) is 0 Å². The fourth-order valence-electron chi connectivity index (χ4n) is 1.89. The Morgan fingerprint density at radius 3 is 2.84 bits per heavy atom. The number of aromatic carboxylic acids is 1. The standard InChI is InChI=1S/C14H17N3O2/c1-3-17-9-11(8-15-17)10(2)16-13-7-5-4-6-12(13)14(18)19/h4-10,16H,3H2,1-2H3,(H,18,19). The number of nitrogens with one attached hydrogen (secondary N) is 1. The average Bonchev–Trinajstić information content (AvgIpc) is 2.88. The lowest BCUT2D eigenvalue weighted by Gasteiger charge is -2.15. The Morgan fingerprint density at radius 1 is 1.47 bits per heavy atom. The molecular weight excluding hydrogens is 242 g/mol. The van der Waals surface area contributed by atoms with Crippen LogP contribution < -0.4 is 5.32 Å². The van der Waals surface area contributed by atoms with Crippen molar-refractivity contribution in [1.29, 1.82) is 0 Å². The number of anilines is 1. The van der Waals surface area contributed by atoms with Gasteiger partial charge in [-0.1, -0.05) is 12.1 Å². The molecule has 0 spiro atoms. The van der Waals surface area contributed by atoms with Crippen LogP contribution >= 0.6 is 0 Å². The number of hydrogen-bond acceptors (Lipinski definition) is 3. The molecule has 0 saturated heterocycles. The smallest absolute Gasteiger partial charge is 0.337 e. The van der Waals surface area contributed by atoms with Crippen LogP contribution in [0.2, 0.25) is 0 Å². The largest absolute Gasteiger partial charge is 0.478 e. The van der Waals surface area contributed by atoms with Gasteiger partial charge in [0, 0.05) is 24.0 Å². The zero-order valence-corrected chi connectivity index (χ0v) is 11.0. The van der Waals surface area contributed by atoms with Crippen molar-refractivity contribution >= 4 is 11.7 Å². The molecule has 0 aliphatic carbocycles. The molecule has 1 heterocycles. The van der Waals surface area contributed by atoms with E-state index in [1.54, 1.807) is 24.4 Å². The molecule has 0 saturated carbocycles. The van der Waals surface area contributed by atoms with Gasteiger partial charge < -0.3 is 10.4 Å². The Balaban J connectivity index is 2.19. The minimum absolute atomic E-state index is 0.000741. The molecule has 0 aliphatic heterocycles. The number of carboxylic acids is 1. The van der Waals surface area contributed by atoms with Crippen molar-refractivity contribution in [1.82, 2.24) is 9.78 Å². The molecule has 1 unspecified atom stereocenters. The zero-order chi connectivity index (χ0) is 13.8. The minimum atomic E-state index is -0.931. The highest BCUT2D eigenvalue weighted by atomic mass is 16.4. The van der Waals surface area contributed by atoms with E-state index in [2.05, 4.69) is 10.4 Å². The van der Waals surface area contributed by atoms with Gasteiger partial charge >= 0.3 is 5.97 Å². The summed E-state index contributed by atoms with van der Waals surface area (Å²) in [5.74, 6) is -0.931. The summed E-state index contributed by atoms with van der Waals surface area (Å²) in [7, 11) is 0. The lowest BCUT2D eigenvalue weighted by atomic mass is 10.1. The number of benzene rings is 1. The average molecular weight is 259 g/mol. The van der Waals surface area contributed by atoms with E-state index in [0.717, 1.165) is 12.1 Å². The summed E-state index contributed by atoms with van der Waals surface area (Å²) in [6.45, 7) is 4.82. The summed E-state index contributed by atoms with van der Waals surface area (Å²) in [5.41, 5.74) is 1.92. The van der Waals surface area contributed by atoms with Gasteiger partial charge in [0.1, 0.15) is 0 Å². The van der Waals surface area contributed by atoms with Gasteiger partial charge in [0.15, 0.2) is 0 Å². The van der Waals surface area contributed by atoms with Crippen molar-refractivity contribution in [3.8, 4) is 0 Å². The third-order valence-corrected chi connectivity index (χ3v) is 3.01. The topological polar surface area (TPSA) is 67.2 Å². The van der Waals surface area contributed by atoms with E-state index in [1.807, 2.05) is 30.8 Å². The first-order valence-corrected chi connectivity index (χ1v) is 6.23. The number of rotatable bonds is 5. The third-order valence-electron chi connectivity index (χ3n) is 3.01. The maximum Gasteiger partial charge on any atom is 0.337 e. The molecule has 19 heavy (non-hydrogen) atoms. The molecule has 1 aromatic carbocycles. The van der Waals surface area contributed by atoms with E-state index >= 15 is 0 Å². The van der Waals surface area contributed by atoms with Gasteiger partial charge in [0.25, 0.3) is 0 Å². The molecule has 5 nitrogen and oxygen atoms in total. The molecule has 0 bridgehead atoms. The minimum Gasteiger partial charge on any atom is -0.478 e. The Bertz CT molecular complexity index is 578. The van der Waals surface area contributed by atoms with Crippen LogP contribution in [0.3, 0.4) is 0 Å². The summed E-state index contributed by atoms with van der Waals surface area (Å²) in [4.78, 5) is 11.1. The summed E-state index contributed by atoms with van der Waals surface area (Å²) in [6, 6.07) is 6.89. The fraction of sp³-hybridized carbons (Fsp3) is 0.286. The monoisotopic (exact) mass is 259 g/mol. The first kappa shape index (κ1) is 13.1. The van der Waals surface area contributed by atoms with Crippen molar-refractivity contribution in [3.63, 3.8) is 0 Å². The Labute approximate surface area is 111 Å². The molecule has 2 rings (SSSR count). The van der Waals surface area contributed by atoms with Gasteiger partial charge in [-0.3, -0.25) is 4.68 Å². The van der Waals surface area contributed by atoms with E-state index < -0.39 is 5.97 Å². The van der Waals surface area contributed by atoms with Gasteiger partial charge in [0.2, 0.25) is 0 Å². The molecule has 0 aliphatic rings. The molecule has 5 heteroatoms. The first-order valence-electron chi connectivity index (χ1n) is 6.23. The molecule has 2 N–H and O–H groups in total. The van der Waals surface area contributed by atoms with Gasteiger partial charge in [-0.2, -0.15) is 5.10 Å². The van der Waals surface area contributed by atoms with Crippen molar-refractivity contribution in [3.05, 3.63) is 47.8 Å². The molecule has 100 valence electrons. The van der Waals surface area contributed by atoms with Crippen LogP contribution in [-0.4, -0.2) is 20.9 Å². The number of aryl methyl sites for hydroxylation is 1. The van der Waals surface area contributed by atoms with Gasteiger partial charge in [-0.25, -0.2) is 4.79 Å². The highest BCUT2D eigenvalue weighted by Gasteiger charge is 2.13. The van der Waals surface area contributed by atoms with Crippen LogP contribution in [0.4, 0.5) is 5.69 Å². The predicted octanol–water partition coefficient (Wildman–Crippen LogP) is 2.77. The van der Waals surface area contributed by atoms with Crippen LogP contribution in [0.1, 0.15) is 35.8 Å². The normalized spacial score (nSPS) is 12.1. The molecule has 0 fully saturated rings.